The molecule has 1 amide bonds. The monoisotopic (exact) mass is 340 g/mol. The Kier molecular flexibility index (Phi) is 6.28. The number of amides is 1. The summed E-state index contributed by atoms with van der Waals surface area (Å²) in [5.41, 5.74) is 3.10. The number of carbonyl (C=O) groups excluding carboxylic acids is 1. The normalized spacial score (nSPS) is 10.6. The zero-order valence-corrected chi connectivity index (χ0v) is 14.2. The van der Waals surface area contributed by atoms with Gasteiger partial charge in [-0.25, -0.2) is 0 Å². The first-order valence-corrected chi connectivity index (χ1v) is 7.86. The lowest BCUT2D eigenvalue weighted by molar-refractivity contribution is -0.384. The molecule has 0 unspecified atom stereocenters. The number of nitrogens with zero attached hydrogens (tertiary/aromatic N) is 1. The molecule has 0 bridgehead atoms. The molecule has 0 spiro atoms. The maximum absolute atomic E-state index is 11.7. The van der Waals surface area contributed by atoms with Crippen molar-refractivity contribution in [2.75, 3.05) is 13.2 Å². The van der Waals surface area contributed by atoms with Crippen LogP contribution in [0.3, 0.4) is 0 Å². The summed E-state index contributed by atoms with van der Waals surface area (Å²) in [5.74, 6) is 0.529. The van der Waals surface area contributed by atoms with Crippen LogP contribution in [-0.4, -0.2) is 24.0 Å². The highest BCUT2D eigenvalue weighted by atomic mass is 16.6. The summed E-state index contributed by atoms with van der Waals surface area (Å²) in [6.07, 6.45) is 2.99. The van der Waals surface area contributed by atoms with Crippen molar-refractivity contribution >= 4 is 17.7 Å². The van der Waals surface area contributed by atoms with Gasteiger partial charge in [0.1, 0.15) is 12.4 Å². The van der Waals surface area contributed by atoms with Crippen molar-refractivity contribution in [1.29, 1.82) is 0 Å². The Morgan fingerprint density at radius 2 is 1.88 bits per heavy atom. The third-order valence-corrected chi connectivity index (χ3v) is 3.68. The van der Waals surface area contributed by atoms with Gasteiger partial charge >= 0.3 is 0 Å². The molecule has 0 heterocycles. The number of hydrogen-bond acceptors (Lipinski definition) is 4. The van der Waals surface area contributed by atoms with E-state index < -0.39 is 4.92 Å². The number of hydrogen-bond donors (Lipinski definition) is 1. The van der Waals surface area contributed by atoms with E-state index in [1.807, 2.05) is 32.0 Å². The van der Waals surface area contributed by atoms with E-state index in [-0.39, 0.29) is 11.6 Å². The van der Waals surface area contributed by atoms with E-state index in [0.717, 1.165) is 11.3 Å². The minimum absolute atomic E-state index is 0.0186. The van der Waals surface area contributed by atoms with Gasteiger partial charge in [0.2, 0.25) is 5.91 Å². The maximum Gasteiger partial charge on any atom is 0.269 e. The van der Waals surface area contributed by atoms with Crippen molar-refractivity contribution in [3.63, 3.8) is 0 Å². The average Bonchev–Trinajstić information content (AvgIpc) is 2.60. The van der Waals surface area contributed by atoms with Gasteiger partial charge < -0.3 is 10.1 Å². The van der Waals surface area contributed by atoms with Crippen LogP contribution in [0.25, 0.3) is 6.08 Å². The zero-order chi connectivity index (χ0) is 18.2. The average molecular weight is 340 g/mol. The van der Waals surface area contributed by atoms with Crippen LogP contribution in [0.5, 0.6) is 5.75 Å². The summed E-state index contributed by atoms with van der Waals surface area (Å²) < 4.78 is 5.59. The first kappa shape index (κ1) is 18.2. The van der Waals surface area contributed by atoms with Crippen LogP contribution in [0.15, 0.2) is 48.5 Å². The molecule has 0 saturated carbocycles. The molecule has 0 aliphatic rings. The highest BCUT2D eigenvalue weighted by molar-refractivity contribution is 5.91. The molecule has 0 aliphatic heterocycles. The summed E-state index contributed by atoms with van der Waals surface area (Å²) >= 11 is 0. The maximum atomic E-state index is 11.7. The smallest absolute Gasteiger partial charge is 0.269 e. The summed E-state index contributed by atoms with van der Waals surface area (Å²) in [6, 6.07) is 11.8. The number of nitro groups is 1. The summed E-state index contributed by atoms with van der Waals surface area (Å²) in [6.45, 7) is 4.82. The number of carbonyl (C=O) groups is 1. The first-order chi connectivity index (χ1) is 12.0. The highest BCUT2D eigenvalue weighted by Gasteiger charge is 2.03. The van der Waals surface area contributed by atoms with Crippen LogP contribution in [0.1, 0.15) is 16.7 Å². The molecule has 0 radical (unpaired) electrons. The van der Waals surface area contributed by atoms with Gasteiger partial charge in [-0.15, -0.1) is 0 Å². The minimum atomic E-state index is -0.463. The van der Waals surface area contributed by atoms with Crippen molar-refractivity contribution in [2.24, 2.45) is 0 Å². The van der Waals surface area contributed by atoms with E-state index in [0.29, 0.717) is 18.7 Å². The molecule has 0 aliphatic carbocycles. The number of ether oxygens (including phenoxy) is 1. The molecule has 0 atom stereocenters. The second-order valence-corrected chi connectivity index (χ2v) is 5.57. The molecular weight excluding hydrogens is 320 g/mol. The molecule has 2 rings (SSSR count). The van der Waals surface area contributed by atoms with Gasteiger partial charge in [-0.3, -0.25) is 14.9 Å². The standard InChI is InChI=1S/C19H20N2O4/c1-14-3-9-18(13-15(14)2)25-12-11-20-19(22)10-6-16-4-7-17(8-5-16)21(23)24/h3-10,13H,11-12H2,1-2H3,(H,20,22)/b10-6+. The van der Waals surface area contributed by atoms with Crippen molar-refractivity contribution in [2.45, 2.75) is 13.8 Å². The molecule has 25 heavy (non-hydrogen) atoms. The van der Waals surface area contributed by atoms with E-state index in [9.17, 15) is 14.9 Å². The number of benzene rings is 2. The quantitative estimate of drug-likeness (QED) is 0.362. The van der Waals surface area contributed by atoms with Gasteiger partial charge in [-0.2, -0.15) is 0 Å². The Balaban J connectivity index is 1.74. The van der Waals surface area contributed by atoms with Gasteiger partial charge in [0.05, 0.1) is 11.5 Å². The van der Waals surface area contributed by atoms with Crippen molar-refractivity contribution < 1.29 is 14.5 Å². The molecule has 0 aromatic heterocycles. The minimum Gasteiger partial charge on any atom is -0.492 e. The molecule has 0 fully saturated rings. The number of nitro benzene ring substituents is 1. The summed E-state index contributed by atoms with van der Waals surface area (Å²) in [5, 5.41) is 13.3. The molecule has 2 aromatic carbocycles. The lowest BCUT2D eigenvalue weighted by atomic mass is 10.1. The van der Waals surface area contributed by atoms with Crippen LogP contribution < -0.4 is 10.1 Å². The summed E-state index contributed by atoms with van der Waals surface area (Å²) in [7, 11) is 0. The number of rotatable bonds is 7. The van der Waals surface area contributed by atoms with Crippen molar-refractivity contribution in [3.05, 3.63) is 75.3 Å². The van der Waals surface area contributed by atoms with E-state index in [1.54, 1.807) is 18.2 Å². The van der Waals surface area contributed by atoms with Gasteiger partial charge in [-0.1, -0.05) is 6.07 Å². The Bertz CT molecular complexity index is 783. The predicted octanol–water partition coefficient (Wildman–Crippen LogP) is 3.42. The van der Waals surface area contributed by atoms with Crippen LogP contribution in [-0.2, 0) is 4.79 Å². The Morgan fingerprint density at radius 1 is 1.16 bits per heavy atom. The second kappa shape index (κ2) is 8.63. The molecule has 2 aromatic rings. The zero-order valence-electron chi connectivity index (χ0n) is 14.2. The lowest BCUT2D eigenvalue weighted by Crippen LogP contribution is -2.26. The Hall–Kier alpha value is -3.15. The number of nitrogens with one attached hydrogen (secondary N) is 1. The largest absolute Gasteiger partial charge is 0.492 e. The van der Waals surface area contributed by atoms with Crippen LogP contribution in [0, 0.1) is 24.0 Å². The fourth-order valence-corrected chi connectivity index (χ4v) is 2.08. The second-order valence-electron chi connectivity index (χ2n) is 5.57. The van der Waals surface area contributed by atoms with Crippen molar-refractivity contribution in [1.82, 2.24) is 5.32 Å². The Labute approximate surface area is 146 Å². The lowest BCUT2D eigenvalue weighted by Gasteiger charge is -2.08. The van der Waals surface area contributed by atoms with Crippen molar-refractivity contribution in [3.8, 4) is 5.75 Å². The van der Waals surface area contributed by atoms with Crippen LogP contribution in [0.4, 0.5) is 5.69 Å². The van der Waals surface area contributed by atoms with Gasteiger partial charge in [0.15, 0.2) is 0 Å². The van der Waals surface area contributed by atoms with Crippen LogP contribution >= 0.6 is 0 Å². The molecule has 0 saturated heterocycles. The third-order valence-electron chi connectivity index (χ3n) is 3.68. The van der Waals surface area contributed by atoms with Gasteiger partial charge in [-0.05, 0) is 60.9 Å². The van der Waals surface area contributed by atoms with E-state index in [2.05, 4.69) is 5.32 Å². The molecule has 6 heteroatoms. The molecular formula is C19H20N2O4. The van der Waals surface area contributed by atoms with E-state index in [4.69, 9.17) is 4.74 Å². The fourth-order valence-electron chi connectivity index (χ4n) is 2.08. The van der Waals surface area contributed by atoms with Gasteiger partial charge in [0, 0.05) is 18.2 Å². The molecule has 130 valence electrons. The Morgan fingerprint density at radius 3 is 2.52 bits per heavy atom. The van der Waals surface area contributed by atoms with E-state index >= 15 is 0 Å². The third kappa shape index (κ3) is 5.76. The number of aryl methyl sites for hydroxylation is 2. The molecule has 6 nitrogen and oxygen atoms in total. The molecule has 1 N–H and O–H groups in total. The van der Waals surface area contributed by atoms with Crippen LogP contribution in [0.2, 0.25) is 0 Å². The summed E-state index contributed by atoms with van der Waals surface area (Å²) in [4.78, 5) is 21.9. The predicted molar refractivity (Wildman–Crippen MR) is 96.6 cm³/mol. The van der Waals surface area contributed by atoms with Gasteiger partial charge in [0.25, 0.3) is 5.69 Å². The first-order valence-electron chi connectivity index (χ1n) is 7.86. The number of non-ortho nitro benzene ring substituents is 1. The SMILES string of the molecule is Cc1ccc(OCCNC(=O)/C=C/c2ccc([N+](=O)[O-])cc2)cc1C. The highest BCUT2D eigenvalue weighted by Crippen LogP contribution is 2.16. The fraction of sp³-hybridized carbons (Fsp3) is 0.211. The van der Waals surface area contributed by atoms with E-state index in [1.165, 1.54) is 23.8 Å². The topological polar surface area (TPSA) is 81.5 Å².